The van der Waals surface area contributed by atoms with Crippen molar-refractivity contribution >= 4 is 11.5 Å². The first-order chi connectivity index (χ1) is 8.66. The van der Waals surface area contributed by atoms with Gasteiger partial charge in [-0.25, -0.2) is 0 Å². The van der Waals surface area contributed by atoms with Gasteiger partial charge in [-0.15, -0.1) is 0 Å². The number of hydrogen-bond donors (Lipinski definition) is 1. The predicted molar refractivity (Wildman–Crippen MR) is 75.4 cm³/mol. The fraction of sp³-hybridized carbons (Fsp3) is 0.533. The minimum absolute atomic E-state index is 0.134. The number of benzene rings is 1. The molecule has 0 bridgehead atoms. The van der Waals surface area contributed by atoms with Crippen molar-refractivity contribution in [1.29, 1.82) is 0 Å². The van der Waals surface area contributed by atoms with Gasteiger partial charge < -0.3 is 10.2 Å². The molecule has 1 aromatic carbocycles. The topological polar surface area (TPSA) is 32.3 Å². The van der Waals surface area contributed by atoms with Crippen molar-refractivity contribution in [2.24, 2.45) is 0 Å². The Morgan fingerprint density at radius 2 is 2.22 bits per heavy atom. The Bertz CT molecular complexity index is 417. The molecule has 1 atom stereocenters. The highest BCUT2D eigenvalue weighted by atomic mass is 16.1. The molecule has 0 aromatic heterocycles. The van der Waals surface area contributed by atoms with Crippen molar-refractivity contribution < 1.29 is 4.79 Å². The maximum atomic E-state index is 11.4. The Morgan fingerprint density at radius 3 is 3.00 bits per heavy atom. The molecule has 18 heavy (non-hydrogen) atoms. The molecule has 1 N–H and O–H groups in total. The Labute approximate surface area is 109 Å². The van der Waals surface area contributed by atoms with Gasteiger partial charge in [-0.2, -0.15) is 0 Å². The van der Waals surface area contributed by atoms with Crippen molar-refractivity contribution in [3.8, 4) is 0 Å². The maximum absolute atomic E-state index is 11.4. The summed E-state index contributed by atoms with van der Waals surface area (Å²) in [4.78, 5) is 13.8. The van der Waals surface area contributed by atoms with Crippen LogP contribution in [0.1, 0.15) is 37.0 Å². The molecule has 3 heteroatoms. The van der Waals surface area contributed by atoms with Crippen LogP contribution < -0.4 is 10.2 Å². The van der Waals surface area contributed by atoms with Gasteiger partial charge in [0.1, 0.15) is 0 Å². The second-order valence-electron chi connectivity index (χ2n) is 5.11. The van der Waals surface area contributed by atoms with Gasteiger partial charge in [-0.1, -0.05) is 12.1 Å². The van der Waals surface area contributed by atoms with Crippen molar-refractivity contribution in [3.05, 3.63) is 29.8 Å². The second-order valence-corrected chi connectivity index (χ2v) is 5.11. The molecule has 98 valence electrons. The fourth-order valence-corrected chi connectivity index (χ4v) is 2.42. The molecule has 2 rings (SSSR count). The van der Waals surface area contributed by atoms with E-state index < -0.39 is 0 Å². The van der Waals surface area contributed by atoms with E-state index in [0.717, 1.165) is 25.2 Å². The summed E-state index contributed by atoms with van der Waals surface area (Å²) in [7, 11) is 0. The fourth-order valence-electron chi connectivity index (χ4n) is 2.42. The van der Waals surface area contributed by atoms with Gasteiger partial charge in [0.15, 0.2) is 5.78 Å². The largest absolute Gasteiger partial charge is 0.370 e. The number of hydrogen-bond acceptors (Lipinski definition) is 3. The van der Waals surface area contributed by atoms with E-state index in [1.807, 2.05) is 18.2 Å². The first-order valence-corrected chi connectivity index (χ1v) is 6.76. The molecule has 0 aliphatic carbocycles. The van der Waals surface area contributed by atoms with Crippen LogP contribution in [0.4, 0.5) is 5.69 Å². The highest BCUT2D eigenvalue weighted by Crippen LogP contribution is 2.18. The number of carbonyl (C=O) groups excluding carboxylic acids is 1. The normalized spacial score (nSPS) is 21.2. The number of carbonyl (C=O) groups is 1. The highest BCUT2D eigenvalue weighted by molar-refractivity contribution is 5.94. The minimum Gasteiger partial charge on any atom is -0.370 e. The van der Waals surface area contributed by atoms with Crippen LogP contribution in [0.15, 0.2) is 24.3 Å². The lowest BCUT2D eigenvalue weighted by Gasteiger charge is -2.31. The average Bonchev–Trinajstić information content (AvgIpc) is 2.33. The molecular formula is C15H22N2O. The smallest absolute Gasteiger partial charge is 0.159 e. The van der Waals surface area contributed by atoms with Crippen LogP contribution in [-0.2, 0) is 0 Å². The lowest BCUT2D eigenvalue weighted by atomic mass is 10.1. The third-order valence-corrected chi connectivity index (χ3v) is 3.46. The molecule has 0 amide bonds. The minimum atomic E-state index is 0.134. The van der Waals surface area contributed by atoms with Gasteiger partial charge in [0.2, 0.25) is 0 Å². The van der Waals surface area contributed by atoms with Crippen LogP contribution >= 0.6 is 0 Å². The molecule has 1 heterocycles. The average molecular weight is 246 g/mol. The molecular weight excluding hydrogens is 224 g/mol. The first kappa shape index (κ1) is 13.1. The predicted octanol–water partition coefficient (Wildman–Crippen LogP) is 2.47. The Balaban J connectivity index is 2.17. The van der Waals surface area contributed by atoms with E-state index in [2.05, 4.69) is 23.2 Å². The van der Waals surface area contributed by atoms with Crippen LogP contribution in [0, 0.1) is 0 Å². The SMILES string of the molecule is CC(=O)c1cccc(N2CCCCNC(C)C2)c1. The quantitative estimate of drug-likeness (QED) is 0.814. The lowest BCUT2D eigenvalue weighted by Crippen LogP contribution is -2.42. The molecule has 1 aliphatic heterocycles. The molecule has 0 radical (unpaired) electrons. The molecule has 0 saturated carbocycles. The van der Waals surface area contributed by atoms with E-state index in [4.69, 9.17) is 0 Å². The van der Waals surface area contributed by atoms with Gasteiger partial charge >= 0.3 is 0 Å². The summed E-state index contributed by atoms with van der Waals surface area (Å²) in [5.74, 6) is 0.134. The Morgan fingerprint density at radius 1 is 1.39 bits per heavy atom. The Kier molecular flexibility index (Phi) is 4.37. The number of rotatable bonds is 2. The summed E-state index contributed by atoms with van der Waals surface area (Å²) in [5.41, 5.74) is 1.97. The van der Waals surface area contributed by atoms with Gasteiger partial charge in [0.05, 0.1) is 0 Å². The highest BCUT2D eigenvalue weighted by Gasteiger charge is 2.14. The number of Topliss-reactive ketones (excluding diaryl/α,β-unsaturated/α-hetero) is 1. The van der Waals surface area contributed by atoms with Gasteiger partial charge in [-0.3, -0.25) is 4.79 Å². The van der Waals surface area contributed by atoms with E-state index in [1.54, 1.807) is 6.92 Å². The summed E-state index contributed by atoms with van der Waals surface area (Å²) in [6.07, 6.45) is 2.41. The van der Waals surface area contributed by atoms with E-state index in [0.29, 0.717) is 6.04 Å². The van der Waals surface area contributed by atoms with Crippen LogP contribution in [0.3, 0.4) is 0 Å². The molecule has 0 spiro atoms. The summed E-state index contributed by atoms with van der Waals surface area (Å²) < 4.78 is 0. The van der Waals surface area contributed by atoms with Gasteiger partial charge in [-0.05, 0) is 45.4 Å². The van der Waals surface area contributed by atoms with Crippen LogP contribution in [0.5, 0.6) is 0 Å². The molecule has 1 fully saturated rings. The van der Waals surface area contributed by atoms with Crippen LogP contribution in [-0.4, -0.2) is 31.5 Å². The third-order valence-electron chi connectivity index (χ3n) is 3.46. The van der Waals surface area contributed by atoms with Crippen LogP contribution in [0.2, 0.25) is 0 Å². The molecule has 1 unspecified atom stereocenters. The zero-order valence-corrected chi connectivity index (χ0v) is 11.3. The molecule has 1 aromatic rings. The van der Waals surface area contributed by atoms with Crippen molar-refractivity contribution in [1.82, 2.24) is 5.32 Å². The van der Waals surface area contributed by atoms with Crippen molar-refractivity contribution in [2.45, 2.75) is 32.7 Å². The molecule has 3 nitrogen and oxygen atoms in total. The third kappa shape index (κ3) is 3.33. The van der Waals surface area contributed by atoms with E-state index in [-0.39, 0.29) is 5.78 Å². The number of ketones is 1. The van der Waals surface area contributed by atoms with E-state index >= 15 is 0 Å². The van der Waals surface area contributed by atoms with Gasteiger partial charge in [0, 0.05) is 30.4 Å². The monoisotopic (exact) mass is 246 g/mol. The first-order valence-electron chi connectivity index (χ1n) is 6.76. The zero-order valence-electron chi connectivity index (χ0n) is 11.3. The second kappa shape index (κ2) is 6.01. The lowest BCUT2D eigenvalue weighted by molar-refractivity contribution is 0.101. The van der Waals surface area contributed by atoms with E-state index in [9.17, 15) is 4.79 Å². The summed E-state index contributed by atoms with van der Waals surface area (Å²) in [6, 6.07) is 8.46. The van der Waals surface area contributed by atoms with Crippen molar-refractivity contribution in [3.63, 3.8) is 0 Å². The Hall–Kier alpha value is -1.35. The zero-order chi connectivity index (χ0) is 13.0. The number of nitrogens with zero attached hydrogens (tertiary/aromatic N) is 1. The number of anilines is 1. The van der Waals surface area contributed by atoms with Crippen LogP contribution in [0.25, 0.3) is 0 Å². The van der Waals surface area contributed by atoms with E-state index in [1.165, 1.54) is 18.5 Å². The standard InChI is InChI=1S/C15H22N2O/c1-12-11-17(9-4-3-8-16-12)15-7-5-6-14(10-15)13(2)18/h5-7,10,12,16H,3-4,8-9,11H2,1-2H3. The summed E-state index contributed by atoms with van der Waals surface area (Å²) >= 11 is 0. The van der Waals surface area contributed by atoms with Crippen molar-refractivity contribution in [2.75, 3.05) is 24.5 Å². The molecule has 1 saturated heterocycles. The maximum Gasteiger partial charge on any atom is 0.159 e. The summed E-state index contributed by atoms with van der Waals surface area (Å²) in [6.45, 7) is 7.03. The summed E-state index contributed by atoms with van der Waals surface area (Å²) in [5, 5.41) is 3.51. The molecule has 1 aliphatic rings. The number of nitrogens with one attached hydrogen (secondary N) is 1. The van der Waals surface area contributed by atoms with Gasteiger partial charge in [0.25, 0.3) is 0 Å².